The van der Waals surface area contributed by atoms with Gasteiger partial charge in [-0.25, -0.2) is 4.79 Å². The summed E-state index contributed by atoms with van der Waals surface area (Å²) in [4.78, 5) is 15.5. The quantitative estimate of drug-likeness (QED) is 0.718. The van der Waals surface area contributed by atoms with Crippen LogP contribution in [0.3, 0.4) is 0 Å². The normalized spacial score (nSPS) is 14.1. The van der Waals surface area contributed by atoms with Crippen molar-refractivity contribution in [2.75, 3.05) is 7.11 Å². The van der Waals surface area contributed by atoms with Gasteiger partial charge in [-0.1, -0.05) is 6.07 Å². The summed E-state index contributed by atoms with van der Waals surface area (Å²) in [6, 6.07) is 3.82. The van der Waals surface area contributed by atoms with E-state index >= 15 is 0 Å². The fourth-order valence-electron chi connectivity index (χ4n) is 1.47. The second-order valence-corrected chi connectivity index (χ2v) is 3.77. The number of ether oxygens (including phenoxy) is 1. The first kappa shape index (κ1) is 9.40. The Bertz CT molecular complexity index is 426. The molecular formula is C10H8BrNO2. The van der Waals surface area contributed by atoms with E-state index in [2.05, 4.69) is 25.7 Å². The molecule has 1 aliphatic carbocycles. The summed E-state index contributed by atoms with van der Waals surface area (Å²) in [5.74, 6) is -0.296. The van der Waals surface area contributed by atoms with Crippen LogP contribution in [0.2, 0.25) is 0 Å². The van der Waals surface area contributed by atoms with Crippen LogP contribution < -0.4 is 0 Å². The predicted molar refractivity (Wildman–Crippen MR) is 55.8 cm³/mol. The van der Waals surface area contributed by atoms with E-state index < -0.39 is 0 Å². The Labute approximate surface area is 89.9 Å². The number of hydrogen-bond donors (Lipinski definition) is 0. The van der Waals surface area contributed by atoms with Crippen molar-refractivity contribution in [3.63, 3.8) is 0 Å². The molecule has 1 aromatic heterocycles. The van der Waals surface area contributed by atoms with Crippen molar-refractivity contribution in [3.8, 4) is 0 Å². The summed E-state index contributed by atoms with van der Waals surface area (Å²) in [5, 5.41) is 0. The van der Waals surface area contributed by atoms with Gasteiger partial charge in [0.25, 0.3) is 0 Å². The highest BCUT2D eigenvalue weighted by atomic mass is 79.9. The van der Waals surface area contributed by atoms with Crippen molar-refractivity contribution in [2.24, 2.45) is 0 Å². The Morgan fingerprint density at radius 1 is 1.64 bits per heavy atom. The van der Waals surface area contributed by atoms with Crippen LogP contribution in [0.1, 0.15) is 11.3 Å². The molecule has 1 aliphatic rings. The summed E-state index contributed by atoms with van der Waals surface area (Å²) in [6.07, 6.45) is 2.30. The molecule has 0 N–H and O–H groups in total. The van der Waals surface area contributed by atoms with Crippen LogP contribution in [0.15, 0.2) is 23.9 Å². The molecule has 1 heterocycles. The lowest BCUT2D eigenvalue weighted by molar-refractivity contribution is -0.136. The fraction of sp³-hybridized carbons (Fsp3) is 0.200. The molecule has 14 heavy (non-hydrogen) atoms. The summed E-state index contributed by atoms with van der Waals surface area (Å²) in [6.45, 7) is 0. The van der Waals surface area contributed by atoms with E-state index in [4.69, 9.17) is 0 Å². The topological polar surface area (TPSA) is 39.2 Å². The van der Waals surface area contributed by atoms with Crippen LogP contribution in [-0.2, 0) is 16.0 Å². The molecule has 2 rings (SSSR count). The average Bonchev–Trinajstić information content (AvgIpc) is 2.56. The molecule has 0 amide bonds. The molecule has 0 atom stereocenters. The first-order chi connectivity index (χ1) is 6.74. The molecule has 0 spiro atoms. The van der Waals surface area contributed by atoms with Gasteiger partial charge in [0.15, 0.2) is 0 Å². The summed E-state index contributed by atoms with van der Waals surface area (Å²) in [5.41, 5.74) is 2.54. The van der Waals surface area contributed by atoms with Crippen molar-refractivity contribution in [1.82, 2.24) is 4.98 Å². The summed E-state index contributed by atoms with van der Waals surface area (Å²) >= 11 is 3.36. The maximum atomic E-state index is 11.4. The number of carbonyl (C=O) groups is 1. The molecule has 4 heteroatoms. The van der Waals surface area contributed by atoms with Gasteiger partial charge >= 0.3 is 5.97 Å². The highest BCUT2D eigenvalue weighted by Gasteiger charge is 2.25. The molecule has 1 aromatic rings. The molecule has 0 bridgehead atoms. The summed E-state index contributed by atoms with van der Waals surface area (Å²) in [7, 11) is 1.38. The number of methoxy groups -OCH3 is 1. The largest absolute Gasteiger partial charge is 0.466 e. The second kappa shape index (κ2) is 3.53. The number of esters is 1. The molecule has 0 saturated heterocycles. The predicted octanol–water partition coefficient (Wildman–Crippen LogP) is 1.92. The minimum atomic E-state index is -0.296. The van der Waals surface area contributed by atoms with E-state index in [9.17, 15) is 4.79 Å². The molecule has 0 unspecified atom stereocenters. The first-order valence-corrected chi connectivity index (χ1v) is 4.94. The minimum Gasteiger partial charge on any atom is -0.466 e. The zero-order chi connectivity index (χ0) is 10.1. The fourth-order valence-corrected chi connectivity index (χ4v) is 2.13. The van der Waals surface area contributed by atoms with Crippen molar-refractivity contribution >= 4 is 26.4 Å². The highest BCUT2D eigenvalue weighted by Crippen LogP contribution is 2.35. The monoisotopic (exact) mass is 253 g/mol. The van der Waals surface area contributed by atoms with Crippen LogP contribution >= 0.6 is 15.9 Å². The van der Waals surface area contributed by atoms with Gasteiger partial charge in [-0.2, -0.15) is 0 Å². The van der Waals surface area contributed by atoms with Crippen LogP contribution in [0.4, 0.5) is 0 Å². The molecule has 0 saturated carbocycles. The maximum absolute atomic E-state index is 11.4. The second-order valence-electron chi connectivity index (χ2n) is 2.97. The number of aromatic nitrogens is 1. The zero-order valence-electron chi connectivity index (χ0n) is 7.58. The van der Waals surface area contributed by atoms with Crippen LogP contribution in [0.5, 0.6) is 0 Å². The lowest BCUT2D eigenvalue weighted by Crippen LogP contribution is -2.04. The lowest BCUT2D eigenvalue weighted by Gasteiger charge is -1.98. The van der Waals surface area contributed by atoms with Crippen LogP contribution in [0.25, 0.3) is 4.48 Å². The van der Waals surface area contributed by atoms with Gasteiger partial charge < -0.3 is 4.74 Å². The van der Waals surface area contributed by atoms with Crippen LogP contribution in [0, 0.1) is 0 Å². The smallest absolute Gasteiger partial charge is 0.335 e. The Morgan fingerprint density at radius 3 is 3.07 bits per heavy atom. The van der Waals surface area contributed by atoms with Gasteiger partial charge in [-0.3, -0.25) is 4.98 Å². The molecule has 0 aromatic carbocycles. The highest BCUT2D eigenvalue weighted by molar-refractivity contribution is 9.15. The molecule has 0 fully saturated rings. The Hall–Kier alpha value is -1.16. The van der Waals surface area contributed by atoms with E-state index in [1.807, 2.05) is 12.1 Å². The van der Waals surface area contributed by atoms with Crippen molar-refractivity contribution in [1.29, 1.82) is 0 Å². The lowest BCUT2D eigenvalue weighted by atomic mass is 10.2. The number of rotatable bonds is 1. The van der Waals surface area contributed by atoms with E-state index in [1.54, 1.807) is 6.20 Å². The van der Waals surface area contributed by atoms with Gasteiger partial charge in [0.1, 0.15) is 0 Å². The summed E-state index contributed by atoms with van der Waals surface area (Å²) < 4.78 is 5.43. The van der Waals surface area contributed by atoms with Crippen molar-refractivity contribution < 1.29 is 9.53 Å². The van der Waals surface area contributed by atoms with Gasteiger partial charge in [0, 0.05) is 12.6 Å². The van der Waals surface area contributed by atoms with E-state index in [0.717, 1.165) is 15.7 Å². The number of fused-ring (bicyclic) bond motifs is 1. The van der Waals surface area contributed by atoms with E-state index in [0.29, 0.717) is 12.0 Å². The number of hydrogen-bond acceptors (Lipinski definition) is 3. The van der Waals surface area contributed by atoms with Gasteiger partial charge in [0.2, 0.25) is 0 Å². The Morgan fingerprint density at radius 2 is 2.43 bits per heavy atom. The molecule has 0 aliphatic heterocycles. The van der Waals surface area contributed by atoms with Crippen molar-refractivity contribution in [3.05, 3.63) is 35.2 Å². The SMILES string of the molecule is COC(=O)C1=C(Br)c2ncccc2C1. The third-order valence-electron chi connectivity index (χ3n) is 2.16. The van der Waals surface area contributed by atoms with Gasteiger partial charge in [0.05, 0.1) is 22.9 Å². The first-order valence-electron chi connectivity index (χ1n) is 4.15. The van der Waals surface area contributed by atoms with Crippen LogP contribution in [-0.4, -0.2) is 18.1 Å². The van der Waals surface area contributed by atoms with Gasteiger partial charge in [-0.15, -0.1) is 0 Å². The zero-order valence-corrected chi connectivity index (χ0v) is 9.17. The third-order valence-corrected chi connectivity index (χ3v) is 3.02. The minimum absolute atomic E-state index is 0.296. The Kier molecular flexibility index (Phi) is 2.37. The van der Waals surface area contributed by atoms with E-state index in [-0.39, 0.29) is 5.97 Å². The Balaban J connectivity index is 2.44. The van der Waals surface area contributed by atoms with Crippen molar-refractivity contribution in [2.45, 2.75) is 6.42 Å². The number of nitrogens with zero attached hydrogens (tertiary/aromatic N) is 1. The molecule has 72 valence electrons. The molecule has 0 radical (unpaired) electrons. The number of pyridine rings is 1. The van der Waals surface area contributed by atoms with E-state index in [1.165, 1.54) is 7.11 Å². The number of halogens is 1. The molecular weight excluding hydrogens is 246 g/mol. The maximum Gasteiger partial charge on any atom is 0.335 e. The third kappa shape index (κ3) is 1.35. The average molecular weight is 254 g/mol. The number of carbonyl (C=O) groups excluding carboxylic acids is 1. The molecule has 3 nitrogen and oxygen atoms in total. The standard InChI is InChI=1S/C10H8BrNO2/c1-14-10(13)7-5-6-3-2-4-12-9(6)8(7)11/h2-4H,5H2,1H3. The van der Waals surface area contributed by atoms with Gasteiger partial charge in [-0.05, 0) is 27.6 Å².